The number of hydrogen-bond donors (Lipinski definition) is 1. The molecule has 0 unspecified atom stereocenters. The zero-order valence-corrected chi connectivity index (χ0v) is 14.6. The molecule has 1 saturated heterocycles. The first-order chi connectivity index (χ1) is 12.3. The minimum absolute atomic E-state index is 0.0760. The van der Waals surface area contributed by atoms with E-state index < -0.39 is 0 Å². The topological polar surface area (TPSA) is 75.9 Å². The summed E-state index contributed by atoms with van der Waals surface area (Å²) in [6, 6.07) is 9.63. The van der Waals surface area contributed by atoms with Crippen molar-refractivity contribution >= 4 is 5.91 Å². The molecule has 3 rings (SSSR count). The van der Waals surface area contributed by atoms with Crippen LogP contribution in [0.25, 0.3) is 11.4 Å². The fourth-order valence-corrected chi connectivity index (χ4v) is 3.09. The number of nitrogens with one attached hydrogen (secondary N) is 1. The molecule has 1 fully saturated rings. The second kappa shape index (κ2) is 9.27. The number of likely N-dealkylation sites (tertiary alicyclic amines) is 1. The van der Waals surface area contributed by atoms with E-state index in [4.69, 9.17) is 0 Å². The van der Waals surface area contributed by atoms with Crippen LogP contribution in [0.5, 0.6) is 0 Å². The Hall–Kier alpha value is -2.28. The predicted octanol–water partition coefficient (Wildman–Crippen LogP) is 1.72. The molecule has 134 valence electrons. The lowest BCUT2D eigenvalue weighted by molar-refractivity contribution is -0.122. The molecule has 1 aliphatic rings. The third kappa shape index (κ3) is 5.63. The fourth-order valence-electron chi connectivity index (χ4n) is 3.09. The van der Waals surface area contributed by atoms with Gasteiger partial charge in [-0.25, -0.2) is 0 Å². The molecule has 1 amide bonds. The maximum atomic E-state index is 12.0. The Morgan fingerprint density at radius 1 is 1.08 bits per heavy atom. The third-order valence-electron chi connectivity index (χ3n) is 4.44. The molecule has 0 spiro atoms. The van der Waals surface area contributed by atoms with Gasteiger partial charge in [-0.2, -0.15) is 4.80 Å². The molecule has 2 aromatic rings. The highest BCUT2D eigenvalue weighted by Gasteiger charge is 2.10. The van der Waals surface area contributed by atoms with Crippen molar-refractivity contribution in [1.82, 2.24) is 30.4 Å². The minimum atomic E-state index is -0.0760. The number of tetrazole rings is 1. The Kier molecular flexibility index (Phi) is 6.50. The Labute approximate surface area is 148 Å². The zero-order valence-electron chi connectivity index (χ0n) is 14.6. The lowest BCUT2D eigenvalue weighted by Gasteiger charge is -2.19. The summed E-state index contributed by atoms with van der Waals surface area (Å²) in [6.45, 7) is 4.23. The molecule has 1 N–H and O–H groups in total. The molecule has 7 heteroatoms. The normalized spacial score (nSPS) is 15.7. The molecule has 1 aromatic carbocycles. The van der Waals surface area contributed by atoms with Gasteiger partial charge in [0, 0.05) is 12.1 Å². The molecule has 7 nitrogen and oxygen atoms in total. The van der Waals surface area contributed by atoms with Gasteiger partial charge >= 0.3 is 0 Å². The average molecular weight is 342 g/mol. The van der Waals surface area contributed by atoms with Crippen LogP contribution in [0.2, 0.25) is 0 Å². The van der Waals surface area contributed by atoms with Crippen molar-refractivity contribution < 1.29 is 4.79 Å². The number of nitrogens with zero attached hydrogens (tertiary/aromatic N) is 5. The SMILES string of the molecule is O=C(Cn1nnc(-c2ccccc2)n1)NCCCN1CCCCCC1. The van der Waals surface area contributed by atoms with E-state index in [0.717, 1.165) is 18.5 Å². The van der Waals surface area contributed by atoms with Crippen LogP contribution in [0.15, 0.2) is 30.3 Å². The molecule has 0 atom stereocenters. The van der Waals surface area contributed by atoms with E-state index in [1.807, 2.05) is 30.3 Å². The average Bonchev–Trinajstić information content (AvgIpc) is 2.94. The summed E-state index contributed by atoms with van der Waals surface area (Å²) in [7, 11) is 0. The van der Waals surface area contributed by atoms with Gasteiger partial charge in [-0.05, 0) is 44.1 Å². The highest BCUT2D eigenvalue weighted by molar-refractivity contribution is 5.75. The summed E-state index contributed by atoms with van der Waals surface area (Å²) in [6.07, 6.45) is 6.28. The number of benzene rings is 1. The molecular weight excluding hydrogens is 316 g/mol. The van der Waals surface area contributed by atoms with Gasteiger partial charge in [-0.1, -0.05) is 43.2 Å². The smallest absolute Gasteiger partial charge is 0.243 e. The van der Waals surface area contributed by atoms with E-state index >= 15 is 0 Å². The largest absolute Gasteiger partial charge is 0.354 e. The van der Waals surface area contributed by atoms with E-state index in [2.05, 4.69) is 25.6 Å². The maximum absolute atomic E-state index is 12.0. The van der Waals surface area contributed by atoms with Gasteiger partial charge in [0.1, 0.15) is 6.54 Å². The minimum Gasteiger partial charge on any atom is -0.354 e. The van der Waals surface area contributed by atoms with Crippen molar-refractivity contribution in [2.45, 2.75) is 38.6 Å². The molecule has 0 saturated carbocycles. The van der Waals surface area contributed by atoms with Gasteiger partial charge in [0.15, 0.2) is 0 Å². The van der Waals surface area contributed by atoms with Crippen LogP contribution in [0.1, 0.15) is 32.1 Å². The number of amides is 1. The second-order valence-electron chi connectivity index (χ2n) is 6.47. The molecule has 1 aromatic heterocycles. The van der Waals surface area contributed by atoms with Gasteiger partial charge in [-0.3, -0.25) is 4.79 Å². The third-order valence-corrected chi connectivity index (χ3v) is 4.44. The lowest BCUT2D eigenvalue weighted by atomic mass is 10.2. The van der Waals surface area contributed by atoms with Crippen LogP contribution in [-0.2, 0) is 11.3 Å². The number of rotatable bonds is 7. The molecule has 1 aliphatic heterocycles. The van der Waals surface area contributed by atoms with Crippen molar-refractivity contribution in [3.8, 4) is 11.4 Å². The quantitative estimate of drug-likeness (QED) is 0.776. The van der Waals surface area contributed by atoms with Crippen LogP contribution < -0.4 is 5.32 Å². The van der Waals surface area contributed by atoms with E-state index in [1.54, 1.807) is 0 Å². The van der Waals surface area contributed by atoms with Crippen molar-refractivity contribution in [1.29, 1.82) is 0 Å². The Bertz CT molecular complexity index is 649. The Morgan fingerprint density at radius 3 is 2.60 bits per heavy atom. The summed E-state index contributed by atoms with van der Waals surface area (Å²) in [5, 5.41) is 15.2. The van der Waals surface area contributed by atoms with Crippen LogP contribution in [0.4, 0.5) is 0 Å². The predicted molar refractivity (Wildman–Crippen MR) is 95.8 cm³/mol. The summed E-state index contributed by atoms with van der Waals surface area (Å²) in [4.78, 5) is 15.9. The van der Waals surface area contributed by atoms with Gasteiger partial charge < -0.3 is 10.2 Å². The number of hydrogen-bond acceptors (Lipinski definition) is 5. The van der Waals surface area contributed by atoms with Crippen LogP contribution >= 0.6 is 0 Å². The molecule has 0 radical (unpaired) electrons. The van der Waals surface area contributed by atoms with E-state index in [0.29, 0.717) is 12.4 Å². The summed E-state index contributed by atoms with van der Waals surface area (Å²) in [5.41, 5.74) is 0.895. The summed E-state index contributed by atoms with van der Waals surface area (Å²) < 4.78 is 0. The monoisotopic (exact) mass is 342 g/mol. The van der Waals surface area contributed by atoms with Crippen molar-refractivity contribution in [3.05, 3.63) is 30.3 Å². The maximum Gasteiger partial charge on any atom is 0.243 e. The molecule has 0 aliphatic carbocycles. The first-order valence-corrected chi connectivity index (χ1v) is 9.13. The van der Waals surface area contributed by atoms with Crippen molar-refractivity contribution in [3.63, 3.8) is 0 Å². The highest BCUT2D eigenvalue weighted by Crippen LogP contribution is 2.11. The Morgan fingerprint density at radius 2 is 1.84 bits per heavy atom. The highest BCUT2D eigenvalue weighted by atomic mass is 16.2. The first-order valence-electron chi connectivity index (χ1n) is 9.13. The zero-order chi connectivity index (χ0) is 17.3. The van der Waals surface area contributed by atoms with Crippen LogP contribution in [0, 0.1) is 0 Å². The summed E-state index contributed by atoms with van der Waals surface area (Å²) in [5.74, 6) is 0.461. The van der Waals surface area contributed by atoms with E-state index in [-0.39, 0.29) is 12.5 Å². The van der Waals surface area contributed by atoms with Gasteiger partial charge in [0.25, 0.3) is 0 Å². The van der Waals surface area contributed by atoms with E-state index in [1.165, 1.54) is 43.6 Å². The number of carbonyl (C=O) groups is 1. The standard InChI is InChI=1S/C18H26N6O/c25-17(19-11-8-14-23-12-6-1-2-7-13-23)15-24-21-18(20-22-24)16-9-4-3-5-10-16/h3-5,9-10H,1-2,6-8,11-15H2,(H,19,25). The number of carbonyl (C=O) groups excluding carboxylic acids is 1. The van der Waals surface area contributed by atoms with Gasteiger partial charge in [0.05, 0.1) is 0 Å². The first kappa shape index (κ1) is 17.5. The summed E-state index contributed by atoms with van der Waals surface area (Å²) >= 11 is 0. The molecule has 25 heavy (non-hydrogen) atoms. The fraction of sp³-hybridized carbons (Fsp3) is 0.556. The van der Waals surface area contributed by atoms with Crippen LogP contribution in [0.3, 0.4) is 0 Å². The molecular formula is C18H26N6O. The van der Waals surface area contributed by atoms with Gasteiger partial charge in [0.2, 0.25) is 11.7 Å². The number of aromatic nitrogens is 4. The van der Waals surface area contributed by atoms with Gasteiger partial charge in [-0.15, -0.1) is 10.2 Å². The lowest BCUT2D eigenvalue weighted by Crippen LogP contribution is -2.32. The van der Waals surface area contributed by atoms with Crippen molar-refractivity contribution in [2.75, 3.05) is 26.2 Å². The second-order valence-corrected chi connectivity index (χ2v) is 6.47. The van der Waals surface area contributed by atoms with Crippen LogP contribution in [-0.4, -0.2) is 57.2 Å². The molecule has 2 heterocycles. The van der Waals surface area contributed by atoms with E-state index in [9.17, 15) is 4.79 Å². The van der Waals surface area contributed by atoms with Crippen molar-refractivity contribution in [2.24, 2.45) is 0 Å². The molecule has 0 bridgehead atoms. The Balaban J connectivity index is 1.37.